The number of hydrogen-bond donors (Lipinski definition) is 0. The molecule has 0 N–H and O–H groups in total. The third-order valence-corrected chi connectivity index (χ3v) is 3.67. The topological polar surface area (TPSA) is 38.8 Å². The van der Waals surface area contributed by atoms with Crippen molar-refractivity contribution in [3.8, 4) is 5.75 Å². The van der Waals surface area contributed by atoms with Gasteiger partial charge in [0.25, 0.3) is 0 Å². The zero-order chi connectivity index (χ0) is 14.2. The normalized spacial score (nSPS) is 16.1. The van der Waals surface area contributed by atoms with Gasteiger partial charge in [0.2, 0.25) is 5.91 Å². The summed E-state index contributed by atoms with van der Waals surface area (Å²) in [6, 6.07) is 9.70. The second-order valence-corrected chi connectivity index (χ2v) is 5.08. The molecule has 1 fully saturated rings. The third-order valence-electron chi connectivity index (χ3n) is 3.67. The van der Waals surface area contributed by atoms with Crippen molar-refractivity contribution in [2.24, 2.45) is 0 Å². The fraction of sp³-hybridized carbons (Fsp3) is 0.562. The Morgan fingerprint density at radius 2 is 1.95 bits per heavy atom. The number of amides is 1. The molecule has 1 amide bonds. The molecule has 1 aliphatic rings. The van der Waals surface area contributed by atoms with E-state index in [2.05, 4.69) is 0 Å². The molecule has 1 aliphatic heterocycles. The Hall–Kier alpha value is -1.55. The molecule has 2 rings (SSSR count). The third kappa shape index (κ3) is 4.53. The van der Waals surface area contributed by atoms with E-state index in [1.807, 2.05) is 35.2 Å². The van der Waals surface area contributed by atoms with Crippen molar-refractivity contribution in [1.82, 2.24) is 4.90 Å². The maximum atomic E-state index is 12.0. The predicted octanol–water partition coefficient (Wildman–Crippen LogP) is 2.48. The van der Waals surface area contributed by atoms with E-state index in [0.29, 0.717) is 19.1 Å². The van der Waals surface area contributed by atoms with Crippen LogP contribution in [0.4, 0.5) is 0 Å². The van der Waals surface area contributed by atoms with E-state index >= 15 is 0 Å². The Morgan fingerprint density at radius 3 is 2.60 bits per heavy atom. The molecular formula is C16H23NO3. The lowest BCUT2D eigenvalue weighted by molar-refractivity contribution is -0.133. The van der Waals surface area contributed by atoms with E-state index < -0.39 is 0 Å². The van der Waals surface area contributed by atoms with E-state index in [0.717, 1.165) is 38.1 Å². The standard InChI is InChI=1S/C16H23NO3/c1-19-14-9-11-17(12-10-14)16(18)8-5-13-20-15-6-3-2-4-7-15/h2-4,6-7,14H,5,8-13H2,1H3. The Bertz CT molecular complexity index is 399. The summed E-state index contributed by atoms with van der Waals surface area (Å²) < 4.78 is 10.9. The summed E-state index contributed by atoms with van der Waals surface area (Å²) in [4.78, 5) is 14.0. The molecule has 0 bridgehead atoms. The number of hydrogen-bond acceptors (Lipinski definition) is 3. The summed E-state index contributed by atoms with van der Waals surface area (Å²) in [5, 5.41) is 0. The number of methoxy groups -OCH3 is 1. The zero-order valence-electron chi connectivity index (χ0n) is 12.1. The van der Waals surface area contributed by atoms with Crippen LogP contribution in [0.15, 0.2) is 30.3 Å². The molecule has 0 aromatic heterocycles. The molecular weight excluding hydrogens is 254 g/mol. The molecule has 110 valence electrons. The molecule has 1 aromatic carbocycles. The van der Waals surface area contributed by atoms with Crippen molar-refractivity contribution in [2.45, 2.75) is 31.8 Å². The SMILES string of the molecule is COC1CCN(C(=O)CCCOc2ccccc2)CC1. The molecule has 0 radical (unpaired) electrons. The molecule has 1 aromatic rings. The number of nitrogens with zero attached hydrogens (tertiary/aromatic N) is 1. The second kappa shape index (κ2) is 7.90. The lowest BCUT2D eigenvalue weighted by atomic mass is 10.1. The van der Waals surface area contributed by atoms with Crippen LogP contribution in [0.5, 0.6) is 5.75 Å². The van der Waals surface area contributed by atoms with Crippen LogP contribution in [0.3, 0.4) is 0 Å². The van der Waals surface area contributed by atoms with Gasteiger partial charge in [0.1, 0.15) is 5.75 Å². The number of carbonyl (C=O) groups is 1. The van der Waals surface area contributed by atoms with Gasteiger partial charge in [0.15, 0.2) is 0 Å². The number of carbonyl (C=O) groups excluding carboxylic acids is 1. The summed E-state index contributed by atoms with van der Waals surface area (Å²) in [6.07, 6.45) is 3.54. The van der Waals surface area contributed by atoms with Crippen molar-refractivity contribution in [2.75, 3.05) is 26.8 Å². The Morgan fingerprint density at radius 1 is 1.25 bits per heavy atom. The van der Waals surface area contributed by atoms with Gasteiger partial charge in [0, 0.05) is 26.6 Å². The summed E-state index contributed by atoms with van der Waals surface area (Å²) in [7, 11) is 1.74. The van der Waals surface area contributed by atoms with Crippen molar-refractivity contribution in [1.29, 1.82) is 0 Å². The van der Waals surface area contributed by atoms with Crippen LogP contribution >= 0.6 is 0 Å². The first-order chi connectivity index (χ1) is 9.79. The largest absolute Gasteiger partial charge is 0.494 e. The number of benzene rings is 1. The molecule has 20 heavy (non-hydrogen) atoms. The molecule has 0 aliphatic carbocycles. The molecule has 4 heteroatoms. The highest BCUT2D eigenvalue weighted by Crippen LogP contribution is 2.14. The monoisotopic (exact) mass is 277 g/mol. The lowest BCUT2D eigenvalue weighted by Gasteiger charge is -2.31. The maximum absolute atomic E-state index is 12.0. The molecule has 1 saturated heterocycles. The fourth-order valence-electron chi connectivity index (χ4n) is 2.43. The van der Waals surface area contributed by atoms with Gasteiger partial charge in [-0.1, -0.05) is 18.2 Å². The summed E-state index contributed by atoms with van der Waals surface area (Å²) in [6.45, 7) is 2.22. The fourth-order valence-corrected chi connectivity index (χ4v) is 2.43. The zero-order valence-corrected chi connectivity index (χ0v) is 12.1. The molecule has 0 spiro atoms. The predicted molar refractivity (Wildman–Crippen MR) is 77.8 cm³/mol. The van der Waals surface area contributed by atoms with E-state index in [9.17, 15) is 4.79 Å². The van der Waals surface area contributed by atoms with Gasteiger partial charge in [-0.2, -0.15) is 0 Å². The van der Waals surface area contributed by atoms with Gasteiger partial charge in [-0.25, -0.2) is 0 Å². The Labute approximate surface area is 120 Å². The first kappa shape index (κ1) is 14.9. The summed E-state index contributed by atoms with van der Waals surface area (Å²) >= 11 is 0. The highest BCUT2D eigenvalue weighted by atomic mass is 16.5. The van der Waals surface area contributed by atoms with Gasteiger partial charge < -0.3 is 14.4 Å². The first-order valence-corrected chi connectivity index (χ1v) is 7.28. The second-order valence-electron chi connectivity index (χ2n) is 5.08. The highest BCUT2D eigenvalue weighted by Gasteiger charge is 2.21. The van der Waals surface area contributed by atoms with Gasteiger partial charge in [0.05, 0.1) is 12.7 Å². The van der Waals surface area contributed by atoms with Crippen molar-refractivity contribution in [3.63, 3.8) is 0 Å². The molecule has 0 unspecified atom stereocenters. The minimum atomic E-state index is 0.233. The van der Waals surface area contributed by atoms with E-state index in [1.165, 1.54) is 0 Å². The van der Waals surface area contributed by atoms with Crippen LogP contribution in [0, 0.1) is 0 Å². The molecule has 0 saturated carbocycles. The van der Waals surface area contributed by atoms with Gasteiger partial charge >= 0.3 is 0 Å². The first-order valence-electron chi connectivity index (χ1n) is 7.28. The minimum absolute atomic E-state index is 0.233. The maximum Gasteiger partial charge on any atom is 0.222 e. The van der Waals surface area contributed by atoms with E-state index in [1.54, 1.807) is 7.11 Å². The number of rotatable bonds is 6. The summed E-state index contributed by atoms with van der Waals surface area (Å²) in [5.41, 5.74) is 0. The number of ether oxygens (including phenoxy) is 2. The smallest absolute Gasteiger partial charge is 0.222 e. The Balaban J connectivity index is 1.61. The number of likely N-dealkylation sites (tertiary alicyclic amines) is 1. The van der Waals surface area contributed by atoms with Crippen LogP contribution < -0.4 is 4.74 Å². The minimum Gasteiger partial charge on any atom is -0.494 e. The average Bonchev–Trinajstić information content (AvgIpc) is 2.52. The van der Waals surface area contributed by atoms with Crippen LogP contribution in [0.1, 0.15) is 25.7 Å². The van der Waals surface area contributed by atoms with Gasteiger partial charge in [-0.3, -0.25) is 4.79 Å². The van der Waals surface area contributed by atoms with Crippen molar-refractivity contribution < 1.29 is 14.3 Å². The number of piperidine rings is 1. The quantitative estimate of drug-likeness (QED) is 0.750. The van der Waals surface area contributed by atoms with Crippen molar-refractivity contribution in [3.05, 3.63) is 30.3 Å². The molecule has 4 nitrogen and oxygen atoms in total. The van der Waals surface area contributed by atoms with Crippen molar-refractivity contribution >= 4 is 5.91 Å². The molecule has 1 heterocycles. The van der Waals surface area contributed by atoms with Crippen LogP contribution in [0.25, 0.3) is 0 Å². The Kier molecular flexibility index (Phi) is 5.87. The number of para-hydroxylation sites is 1. The highest BCUT2D eigenvalue weighted by molar-refractivity contribution is 5.76. The average molecular weight is 277 g/mol. The van der Waals surface area contributed by atoms with Crippen LogP contribution in [-0.2, 0) is 9.53 Å². The molecule has 0 atom stereocenters. The van der Waals surface area contributed by atoms with Gasteiger partial charge in [-0.15, -0.1) is 0 Å². The van der Waals surface area contributed by atoms with Crippen LogP contribution in [-0.4, -0.2) is 43.7 Å². The van der Waals surface area contributed by atoms with E-state index in [-0.39, 0.29) is 5.91 Å². The summed E-state index contributed by atoms with van der Waals surface area (Å²) in [5.74, 6) is 1.09. The lowest BCUT2D eigenvalue weighted by Crippen LogP contribution is -2.40. The van der Waals surface area contributed by atoms with Gasteiger partial charge in [-0.05, 0) is 31.4 Å². The van der Waals surface area contributed by atoms with Crippen LogP contribution in [0.2, 0.25) is 0 Å². The van der Waals surface area contributed by atoms with E-state index in [4.69, 9.17) is 9.47 Å².